The molecular weight excluding hydrogens is 390 g/mol. The molecule has 2 fully saturated rings. The summed E-state index contributed by atoms with van der Waals surface area (Å²) in [5.74, 6) is -2.63. The zero-order valence-corrected chi connectivity index (χ0v) is 17.1. The Bertz CT molecular complexity index is 1040. The summed E-state index contributed by atoms with van der Waals surface area (Å²) in [6.45, 7) is 2.01. The van der Waals surface area contributed by atoms with Crippen LogP contribution in [0.1, 0.15) is 55.1 Å². The summed E-state index contributed by atoms with van der Waals surface area (Å²) in [5.41, 5.74) is 2.02. The first-order valence-corrected chi connectivity index (χ1v) is 10.7. The van der Waals surface area contributed by atoms with Gasteiger partial charge in [-0.25, -0.2) is 18.3 Å². The molecule has 1 aliphatic carbocycles. The SMILES string of the molecule is Cc1ccc(C2(Cn3nc4n(c3=O)C(C(=O)N3CCC(F)(F)C3)CCC4)CC2)cc1. The summed E-state index contributed by atoms with van der Waals surface area (Å²) in [7, 11) is 0. The molecule has 0 radical (unpaired) electrons. The quantitative estimate of drug-likeness (QED) is 0.770. The van der Waals surface area contributed by atoms with Gasteiger partial charge in [0.2, 0.25) is 5.91 Å². The van der Waals surface area contributed by atoms with Gasteiger partial charge in [0.15, 0.2) is 0 Å². The number of alkyl halides is 2. The van der Waals surface area contributed by atoms with E-state index in [1.165, 1.54) is 25.3 Å². The van der Waals surface area contributed by atoms with Crippen molar-refractivity contribution in [1.82, 2.24) is 19.2 Å². The molecule has 6 nitrogen and oxygen atoms in total. The largest absolute Gasteiger partial charge is 0.346 e. The topological polar surface area (TPSA) is 60.1 Å². The Balaban J connectivity index is 1.42. The monoisotopic (exact) mass is 416 g/mol. The molecule has 8 heteroatoms. The lowest BCUT2D eigenvalue weighted by molar-refractivity contribution is -0.135. The summed E-state index contributed by atoms with van der Waals surface area (Å²) >= 11 is 0. The number of hydrogen-bond donors (Lipinski definition) is 0. The third-order valence-corrected chi connectivity index (χ3v) is 6.87. The Kier molecular flexibility index (Phi) is 4.38. The fourth-order valence-electron chi connectivity index (χ4n) is 4.89. The molecule has 5 rings (SSSR count). The van der Waals surface area contributed by atoms with Gasteiger partial charge in [-0.05, 0) is 38.2 Å². The first kappa shape index (κ1) is 19.5. The van der Waals surface area contributed by atoms with Crippen LogP contribution in [0.5, 0.6) is 0 Å². The molecule has 1 unspecified atom stereocenters. The average Bonchev–Trinajstić information content (AvgIpc) is 3.31. The summed E-state index contributed by atoms with van der Waals surface area (Å²) in [5, 5.41) is 4.55. The molecule has 0 spiro atoms. The zero-order valence-electron chi connectivity index (χ0n) is 17.1. The molecule has 1 aromatic carbocycles. The fraction of sp³-hybridized carbons (Fsp3) is 0.591. The molecular formula is C22H26F2N4O2. The lowest BCUT2D eigenvalue weighted by Crippen LogP contribution is -2.42. The summed E-state index contributed by atoms with van der Waals surface area (Å²) < 4.78 is 30.2. The van der Waals surface area contributed by atoms with Gasteiger partial charge in [-0.2, -0.15) is 5.10 Å². The van der Waals surface area contributed by atoms with Crippen molar-refractivity contribution in [3.05, 3.63) is 51.7 Å². The van der Waals surface area contributed by atoms with Crippen LogP contribution in [0.3, 0.4) is 0 Å². The predicted octanol–water partition coefficient (Wildman–Crippen LogP) is 2.83. The Morgan fingerprint density at radius 2 is 1.93 bits per heavy atom. The summed E-state index contributed by atoms with van der Waals surface area (Å²) in [4.78, 5) is 27.4. The summed E-state index contributed by atoms with van der Waals surface area (Å²) in [6.07, 6.45) is 3.51. The van der Waals surface area contributed by atoms with Crippen molar-refractivity contribution in [1.29, 1.82) is 0 Å². The van der Waals surface area contributed by atoms with Gasteiger partial charge < -0.3 is 4.90 Å². The van der Waals surface area contributed by atoms with Crippen molar-refractivity contribution in [3.8, 4) is 0 Å². The number of rotatable bonds is 4. The second kappa shape index (κ2) is 6.75. The summed E-state index contributed by atoms with van der Waals surface area (Å²) in [6, 6.07) is 7.67. The van der Waals surface area contributed by atoms with E-state index in [0.717, 1.165) is 19.3 Å². The van der Waals surface area contributed by atoms with E-state index in [0.29, 0.717) is 25.2 Å². The van der Waals surface area contributed by atoms with Crippen LogP contribution >= 0.6 is 0 Å². The number of likely N-dealkylation sites (tertiary alicyclic amines) is 1. The third kappa shape index (κ3) is 3.26. The van der Waals surface area contributed by atoms with Crippen molar-refractivity contribution in [2.45, 2.75) is 69.4 Å². The number of aryl methyl sites for hydroxylation is 2. The van der Waals surface area contributed by atoms with Crippen molar-refractivity contribution >= 4 is 5.91 Å². The smallest absolute Gasteiger partial charge is 0.335 e. The Morgan fingerprint density at radius 1 is 1.20 bits per heavy atom. The van der Waals surface area contributed by atoms with Crippen LogP contribution in [0.2, 0.25) is 0 Å². The van der Waals surface area contributed by atoms with Crippen LogP contribution < -0.4 is 5.69 Å². The molecule has 1 amide bonds. The minimum Gasteiger partial charge on any atom is -0.335 e. The number of nitrogens with zero attached hydrogens (tertiary/aromatic N) is 4. The molecule has 2 aliphatic heterocycles. The minimum atomic E-state index is -2.84. The molecule has 1 atom stereocenters. The van der Waals surface area contributed by atoms with Crippen molar-refractivity contribution in [2.75, 3.05) is 13.1 Å². The maximum atomic E-state index is 13.6. The number of benzene rings is 1. The van der Waals surface area contributed by atoms with Gasteiger partial charge in [0.1, 0.15) is 11.9 Å². The molecule has 2 aromatic rings. The van der Waals surface area contributed by atoms with Crippen LogP contribution in [0, 0.1) is 6.92 Å². The number of aromatic nitrogens is 3. The highest BCUT2D eigenvalue weighted by molar-refractivity contribution is 5.81. The number of amides is 1. The maximum Gasteiger partial charge on any atom is 0.346 e. The van der Waals surface area contributed by atoms with E-state index in [4.69, 9.17) is 0 Å². The van der Waals surface area contributed by atoms with Gasteiger partial charge in [0, 0.05) is 24.8 Å². The van der Waals surface area contributed by atoms with Crippen LogP contribution in [-0.4, -0.2) is 44.2 Å². The first-order chi connectivity index (χ1) is 14.3. The van der Waals surface area contributed by atoms with Crippen LogP contribution in [0.4, 0.5) is 8.78 Å². The van der Waals surface area contributed by atoms with Crippen molar-refractivity contribution < 1.29 is 13.6 Å². The van der Waals surface area contributed by atoms with Crippen LogP contribution in [0.25, 0.3) is 0 Å². The Hall–Kier alpha value is -2.51. The first-order valence-electron chi connectivity index (χ1n) is 10.7. The molecule has 1 aromatic heterocycles. The predicted molar refractivity (Wildman–Crippen MR) is 107 cm³/mol. The molecule has 0 bridgehead atoms. The molecule has 1 saturated carbocycles. The van der Waals surface area contributed by atoms with E-state index >= 15 is 0 Å². The van der Waals surface area contributed by atoms with Crippen LogP contribution in [-0.2, 0) is 23.2 Å². The maximum absolute atomic E-state index is 13.6. The highest BCUT2D eigenvalue weighted by Crippen LogP contribution is 2.49. The van der Waals surface area contributed by atoms with E-state index in [1.807, 2.05) is 6.92 Å². The molecule has 0 N–H and O–H groups in total. The fourth-order valence-corrected chi connectivity index (χ4v) is 4.89. The van der Waals surface area contributed by atoms with Gasteiger partial charge in [-0.3, -0.25) is 9.36 Å². The van der Waals surface area contributed by atoms with Gasteiger partial charge in [0.05, 0.1) is 13.1 Å². The van der Waals surface area contributed by atoms with E-state index in [2.05, 4.69) is 29.4 Å². The van der Waals surface area contributed by atoms with Crippen LogP contribution in [0.15, 0.2) is 29.1 Å². The Labute approximate surface area is 173 Å². The number of carbonyl (C=O) groups excluding carboxylic acids is 1. The zero-order chi connectivity index (χ0) is 21.1. The highest BCUT2D eigenvalue weighted by Gasteiger charge is 2.46. The minimum absolute atomic E-state index is 0.0388. The number of hydrogen-bond acceptors (Lipinski definition) is 3. The van der Waals surface area contributed by atoms with E-state index in [-0.39, 0.29) is 30.0 Å². The lowest BCUT2D eigenvalue weighted by atomic mass is 9.95. The van der Waals surface area contributed by atoms with Gasteiger partial charge >= 0.3 is 5.69 Å². The second-order valence-electron chi connectivity index (χ2n) is 9.15. The standard InChI is InChI=1S/C22H26F2N4O2/c1-15-5-7-16(8-6-15)21(9-10-21)13-27-20(30)28-17(3-2-4-18(28)25-27)19(29)26-12-11-22(23,24)14-26/h5-8,17H,2-4,9-14H2,1H3. The van der Waals surface area contributed by atoms with Crippen molar-refractivity contribution in [2.24, 2.45) is 0 Å². The second-order valence-corrected chi connectivity index (χ2v) is 9.15. The van der Waals surface area contributed by atoms with E-state index in [9.17, 15) is 18.4 Å². The number of carbonyl (C=O) groups is 1. The molecule has 1 saturated heterocycles. The van der Waals surface area contributed by atoms with E-state index in [1.54, 1.807) is 0 Å². The van der Waals surface area contributed by atoms with Gasteiger partial charge in [-0.15, -0.1) is 0 Å². The van der Waals surface area contributed by atoms with Crippen molar-refractivity contribution in [3.63, 3.8) is 0 Å². The van der Waals surface area contributed by atoms with Gasteiger partial charge in [0.25, 0.3) is 5.92 Å². The van der Waals surface area contributed by atoms with Gasteiger partial charge in [-0.1, -0.05) is 29.8 Å². The number of fused-ring (bicyclic) bond motifs is 1. The normalized spacial score (nSPS) is 24.0. The molecule has 160 valence electrons. The molecule has 30 heavy (non-hydrogen) atoms. The highest BCUT2D eigenvalue weighted by atomic mass is 19.3. The van der Waals surface area contributed by atoms with E-state index < -0.39 is 18.5 Å². The lowest BCUT2D eigenvalue weighted by Gasteiger charge is -2.27. The third-order valence-electron chi connectivity index (χ3n) is 6.87. The molecule has 3 heterocycles. The Morgan fingerprint density at radius 3 is 2.57 bits per heavy atom. The number of halogens is 2. The molecule has 3 aliphatic rings. The average molecular weight is 416 g/mol.